The second kappa shape index (κ2) is 4.03. The fraction of sp³-hybridized carbons (Fsp3) is 0.300. The minimum Gasteiger partial charge on any atom is -0.497 e. The average Bonchev–Trinajstić information content (AvgIpc) is 2.16. The normalized spacial score (nSPS) is 12.2. The van der Waals surface area contributed by atoms with Crippen molar-refractivity contribution in [2.75, 3.05) is 7.11 Å². The quantitative estimate of drug-likeness (QED) is 0.669. The van der Waals surface area contributed by atoms with Crippen molar-refractivity contribution in [1.82, 2.24) is 0 Å². The number of hydrogen-bond donors (Lipinski definition) is 0. The molecule has 0 heterocycles. The van der Waals surface area contributed by atoms with Crippen molar-refractivity contribution in [3.63, 3.8) is 0 Å². The minimum atomic E-state index is -0.411. The van der Waals surface area contributed by atoms with E-state index in [1.807, 2.05) is 0 Å². The summed E-state index contributed by atoms with van der Waals surface area (Å²) in [5, 5.41) is 0. The van der Waals surface area contributed by atoms with Crippen molar-refractivity contribution in [2.24, 2.45) is 0 Å². The molecule has 0 saturated heterocycles. The fourth-order valence-corrected chi connectivity index (χ4v) is 1.08. The Kier molecular flexibility index (Phi) is 3.01. The van der Waals surface area contributed by atoms with E-state index in [2.05, 4.69) is 0 Å². The van der Waals surface area contributed by atoms with Gasteiger partial charge >= 0.3 is 0 Å². The van der Waals surface area contributed by atoms with Crippen molar-refractivity contribution in [3.8, 4) is 5.75 Å². The third kappa shape index (κ3) is 2.05. The van der Waals surface area contributed by atoms with Crippen LogP contribution in [0, 0.1) is 5.82 Å². The topological polar surface area (TPSA) is 26.3 Å². The van der Waals surface area contributed by atoms with Crippen LogP contribution < -0.4 is 4.74 Å². The monoisotopic (exact) mass is 182 g/mol. The number of benzene rings is 1. The van der Waals surface area contributed by atoms with E-state index in [9.17, 15) is 9.18 Å². The van der Waals surface area contributed by atoms with Gasteiger partial charge in [0.15, 0.2) is 0 Å². The van der Waals surface area contributed by atoms with Crippen LogP contribution in [-0.2, 0) is 4.79 Å². The first-order chi connectivity index (χ1) is 6.19. The number of methoxy groups -OCH3 is 1. The van der Waals surface area contributed by atoms with Crippen LogP contribution in [0.3, 0.4) is 0 Å². The number of carbonyl (C=O) groups is 1. The highest BCUT2D eigenvalue weighted by Gasteiger charge is 2.10. The van der Waals surface area contributed by atoms with Gasteiger partial charge in [-0.1, -0.05) is 13.0 Å². The summed E-state index contributed by atoms with van der Waals surface area (Å²) in [5.74, 6) is -0.357. The summed E-state index contributed by atoms with van der Waals surface area (Å²) in [4.78, 5) is 10.4. The Balaban J connectivity index is 3.04. The molecule has 0 bridgehead atoms. The fourth-order valence-electron chi connectivity index (χ4n) is 1.08. The molecule has 0 aliphatic carbocycles. The molecule has 0 fully saturated rings. The molecular formula is C10H11FO2. The molecule has 0 amide bonds. The van der Waals surface area contributed by atoms with Crippen molar-refractivity contribution >= 4 is 6.29 Å². The lowest BCUT2D eigenvalue weighted by Crippen LogP contribution is -1.98. The molecule has 0 aromatic heterocycles. The van der Waals surface area contributed by atoms with Crippen LogP contribution in [0.1, 0.15) is 18.4 Å². The van der Waals surface area contributed by atoms with Gasteiger partial charge in [0.05, 0.1) is 7.11 Å². The summed E-state index contributed by atoms with van der Waals surface area (Å²) in [5.41, 5.74) is 0.399. The van der Waals surface area contributed by atoms with Gasteiger partial charge in [-0.15, -0.1) is 0 Å². The summed E-state index contributed by atoms with van der Waals surface area (Å²) < 4.78 is 18.1. The number of rotatable bonds is 3. The molecule has 1 rings (SSSR count). The van der Waals surface area contributed by atoms with Gasteiger partial charge in [-0.3, -0.25) is 0 Å². The number of aldehydes is 1. The van der Waals surface area contributed by atoms with Crippen LogP contribution in [0.2, 0.25) is 0 Å². The molecule has 0 spiro atoms. The van der Waals surface area contributed by atoms with Crippen LogP contribution in [0.4, 0.5) is 4.39 Å². The zero-order valence-electron chi connectivity index (χ0n) is 7.58. The van der Waals surface area contributed by atoms with Crippen LogP contribution in [0.25, 0.3) is 0 Å². The van der Waals surface area contributed by atoms with Gasteiger partial charge in [0, 0.05) is 12.0 Å². The highest BCUT2D eigenvalue weighted by Crippen LogP contribution is 2.21. The first-order valence-corrected chi connectivity index (χ1v) is 3.97. The van der Waals surface area contributed by atoms with Crippen molar-refractivity contribution < 1.29 is 13.9 Å². The second-order valence-corrected chi connectivity index (χ2v) is 2.81. The van der Waals surface area contributed by atoms with Crippen LogP contribution >= 0.6 is 0 Å². The smallest absolute Gasteiger partial charge is 0.130 e. The molecule has 0 radical (unpaired) electrons. The first-order valence-electron chi connectivity index (χ1n) is 3.97. The third-order valence-electron chi connectivity index (χ3n) is 1.90. The van der Waals surface area contributed by atoms with Gasteiger partial charge in [-0.2, -0.15) is 0 Å². The van der Waals surface area contributed by atoms with Crippen LogP contribution in [-0.4, -0.2) is 13.4 Å². The Morgan fingerprint density at radius 3 is 2.69 bits per heavy atom. The number of hydrogen-bond acceptors (Lipinski definition) is 2. The van der Waals surface area contributed by atoms with E-state index in [0.29, 0.717) is 17.6 Å². The Labute approximate surface area is 76.3 Å². The maximum atomic E-state index is 13.2. The van der Waals surface area contributed by atoms with Crippen molar-refractivity contribution in [3.05, 3.63) is 29.6 Å². The zero-order valence-corrected chi connectivity index (χ0v) is 7.58. The van der Waals surface area contributed by atoms with Gasteiger partial charge in [0.2, 0.25) is 0 Å². The Bertz CT molecular complexity index is 310. The second-order valence-electron chi connectivity index (χ2n) is 2.81. The molecule has 0 aliphatic heterocycles. The van der Waals surface area contributed by atoms with Gasteiger partial charge in [0.1, 0.15) is 17.9 Å². The van der Waals surface area contributed by atoms with Crippen LogP contribution in [0.15, 0.2) is 18.2 Å². The molecule has 1 atom stereocenters. The van der Waals surface area contributed by atoms with E-state index in [1.165, 1.54) is 13.2 Å². The predicted molar refractivity (Wildman–Crippen MR) is 47.4 cm³/mol. The third-order valence-corrected chi connectivity index (χ3v) is 1.90. The van der Waals surface area contributed by atoms with Crippen LogP contribution in [0.5, 0.6) is 5.75 Å². The Morgan fingerprint density at radius 1 is 1.54 bits per heavy atom. The Hall–Kier alpha value is -1.38. The molecule has 1 aromatic carbocycles. The molecule has 0 saturated carbocycles. The highest BCUT2D eigenvalue weighted by atomic mass is 19.1. The minimum absolute atomic E-state index is 0.399. The summed E-state index contributed by atoms with van der Waals surface area (Å²) >= 11 is 0. The van der Waals surface area contributed by atoms with Gasteiger partial charge in [-0.25, -0.2) is 4.39 Å². The van der Waals surface area contributed by atoms with Crippen molar-refractivity contribution in [1.29, 1.82) is 0 Å². The lowest BCUT2D eigenvalue weighted by atomic mass is 10.0. The molecule has 13 heavy (non-hydrogen) atoms. The average molecular weight is 182 g/mol. The molecule has 1 aromatic rings. The van der Waals surface area contributed by atoms with E-state index in [-0.39, 0.29) is 0 Å². The number of ether oxygens (including phenoxy) is 1. The van der Waals surface area contributed by atoms with E-state index in [1.54, 1.807) is 19.1 Å². The SMILES string of the molecule is COc1ccc(C(C)C=O)c(F)c1. The lowest BCUT2D eigenvalue weighted by Gasteiger charge is -2.06. The molecule has 0 N–H and O–H groups in total. The number of carbonyl (C=O) groups excluding carboxylic acids is 1. The first kappa shape index (κ1) is 9.71. The zero-order chi connectivity index (χ0) is 9.84. The van der Waals surface area contributed by atoms with Crippen molar-refractivity contribution in [2.45, 2.75) is 12.8 Å². The van der Waals surface area contributed by atoms with E-state index < -0.39 is 11.7 Å². The van der Waals surface area contributed by atoms with Gasteiger partial charge < -0.3 is 9.53 Å². The summed E-state index contributed by atoms with van der Waals surface area (Å²) in [6.45, 7) is 1.65. The lowest BCUT2D eigenvalue weighted by molar-refractivity contribution is -0.108. The van der Waals surface area contributed by atoms with E-state index >= 15 is 0 Å². The maximum Gasteiger partial charge on any atom is 0.130 e. The largest absolute Gasteiger partial charge is 0.497 e. The molecule has 1 unspecified atom stereocenters. The number of halogens is 1. The molecule has 0 aliphatic rings. The summed E-state index contributed by atoms with van der Waals surface area (Å²) in [6, 6.07) is 4.47. The van der Waals surface area contributed by atoms with Gasteiger partial charge in [0.25, 0.3) is 0 Å². The van der Waals surface area contributed by atoms with E-state index in [4.69, 9.17) is 4.74 Å². The Morgan fingerprint density at radius 2 is 2.23 bits per heavy atom. The van der Waals surface area contributed by atoms with E-state index in [0.717, 1.165) is 0 Å². The highest BCUT2D eigenvalue weighted by molar-refractivity contribution is 5.61. The molecule has 3 heteroatoms. The molecule has 2 nitrogen and oxygen atoms in total. The predicted octanol–water partition coefficient (Wildman–Crippen LogP) is 2.14. The van der Waals surface area contributed by atoms with Gasteiger partial charge in [-0.05, 0) is 11.6 Å². The summed E-state index contributed by atoms with van der Waals surface area (Å²) in [7, 11) is 1.47. The summed E-state index contributed by atoms with van der Waals surface area (Å²) in [6.07, 6.45) is 0.713. The molecular weight excluding hydrogens is 171 g/mol. The molecule has 70 valence electrons. The maximum absolute atomic E-state index is 13.2. The standard InChI is InChI=1S/C10H11FO2/c1-7(6-12)9-4-3-8(13-2)5-10(9)11/h3-7H,1-2H3.